The summed E-state index contributed by atoms with van der Waals surface area (Å²) in [7, 11) is 0. The van der Waals surface area contributed by atoms with Crippen LogP contribution in [0.15, 0.2) is 78.9 Å². The van der Waals surface area contributed by atoms with Crippen LogP contribution < -0.4 is 10.5 Å². The zero-order valence-electron chi connectivity index (χ0n) is 22.6. The van der Waals surface area contributed by atoms with Crippen LogP contribution in [0, 0.1) is 11.3 Å². The summed E-state index contributed by atoms with van der Waals surface area (Å²) in [4.78, 5) is 27.5. The topological polar surface area (TPSA) is 106 Å². The zero-order chi connectivity index (χ0) is 27.8. The second-order valence-electron chi connectivity index (χ2n) is 10.3. The van der Waals surface area contributed by atoms with Gasteiger partial charge in [-0.05, 0) is 61.9 Å². The van der Waals surface area contributed by atoms with Crippen LogP contribution in [-0.4, -0.2) is 47.9 Å². The highest BCUT2D eigenvalue weighted by Gasteiger charge is 2.40. The van der Waals surface area contributed by atoms with Crippen molar-refractivity contribution < 1.29 is 19.1 Å². The van der Waals surface area contributed by atoms with Crippen molar-refractivity contribution >= 4 is 17.7 Å². The lowest BCUT2D eigenvalue weighted by molar-refractivity contribution is -0.150. The van der Waals surface area contributed by atoms with E-state index in [4.69, 9.17) is 20.6 Å². The number of aryl methyl sites for hydroxylation is 1. The molecule has 3 aromatic rings. The van der Waals surface area contributed by atoms with Gasteiger partial charge in [-0.3, -0.25) is 15.0 Å². The van der Waals surface area contributed by atoms with Gasteiger partial charge in [0.1, 0.15) is 18.2 Å². The van der Waals surface area contributed by atoms with Crippen LogP contribution in [0.1, 0.15) is 44.2 Å². The Kier molecular flexibility index (Phi) is 9.36. The highest BCUT2D eigenvalue weighted by atomic mass is 16.5. The number of carbonyl (C=O) groups is 2. The number of ether oxygens (including phenoxy) is 2. The highest BCUT2D eigenvalue weighted by molar-refractivity contribution is 5.95. The summed E-state index contributed by atoms with van der Waals surface area (Å²) in [6, 6.07) is 25.5. The van der Waals surface area contributed by atoms with E-state index in [9.17, 15) is 9.59 Å². The molecule has 0 spiro atoms. The second-order valence-corrected chi connectivity index (χ2v) is 10.3. The number of carbonyl (C=O) groups excluding carboxylic acids is 2. The van der Waals surface area contributed by atoms with Crippen molar-refractivity contribution in [1.82, 2.24) is 4.90 Å². The van der Waals surface area contributed by atoms with Gasteiger partial charge in [0.2, 0.25) is 5.91 Å². The lowest BCUT2D eigenvalue weighted by Gasteiger charge is -2.25. The van der Waals surface area contributed by atoms with Gasteiger partial charge in [-0.2, -0.15) is 0 Å². The van der Waals surface area contributed by atoms with E-state index < -0.39 is 0 Å². The number of amides is 1. The number of nitrogens with zero attached hydrogens (tertiary/aromatic N) is 1. The summed E-state index contributed by atoms with van der Waals surface area (Å²) in [6.45, 7) is 4.60. The van der Waals surface area contributed by atoms with Crippen LogP contribution in [0.2, 0.25) is 0 Å². The fourth-order valence-electron chi connectivity index (χ4n) is 4.98. The van der Waals surface area contributed by atoms with Gasteiger partial charge in [0.25, 0.3) is 0 Å². The molecule has 3 N–H and O–H groups in total. The minimum Gasteiger partial charge on any atom is -0.491 e. The number of esters is 1. The molecule has 0 bridgehead atoms. The maximum atomic E-state index is 13.3. The molecule has 0 aliphatic carbocycles. The van der Waals surface area contributed by atoms with Gasteiger partial charge >= 0.3 is 5.97 Å². The van der Waals surface area contributed by atoms with E-state index in [0.717, 1.165) is 29.7 Å². The number of likely N-dealkylation sites (tertiary alicyclic amines) is 1. The lowest BCUT2D eigenvalue weighted by Crippen LogP contribution is -2.38. The van der Waals surface area contributed by atoms with Gasteiger partial charge in [0.15, 0.2) is 0 Å². The Hall–Kier alpha value is -4.13. The van der Waals surface area contributed by atoms with Gasteiger partial charge in [-0.1, -0.05) is 66.7 Å². The fourth-order valence-corrected chi connectivity index (χ4v) is 4.98. The molecule has 1 heterocycles. The Labute approximate surface area is 230 Å². The number of benzene rings is 3. The van der Waals surface area contributed by atoms with E-state index in [1.165, 1.54) is 5.56 Å². The first-order valence-corrected chi connectivity index (χ1v) is 13.5. The number of nitrogen functional groups attached to an aromatic ring is 1. The fraction of sp³-hybridized carbons (Fsp3) is 0.344. The number of hydrogen-bond donors (Lipinski definition) is 2. The van der Waals surface area contributed by atoms with Crippen LogP contribution in [0.5, 0.6) is 5.75 Å². The van der Waals surface area contributed by atoms with Crippen molar-refractivity contribution in [3.63, 3.8) is 0 Å². The van der Waals surface area contributed by atoms with E-state index in [1.807, 2.05) is 85.5 Å². The van der Waals surface area contributed by atoms with Gasteiger partial charge < -0.3 is 20.1 Å². The molecule has 39 heavy (non-hydrogen) atoms. The molecule has 3 aromatic carbocycles. The van der Waals surface area contributed by atoms with Crippen LogP contribution in [0.3, 0.4) is 0 Å². The van der Waals surface area contributed by atoms with Gasteiger partial charge in [-0.15, -0.1) is 0 Å². The summed E-state index contributed by atoms with van der Waals surface area (Å²) >= 11 is 0. The molecule has 0 saturated carbocycles. The van der Waals surface area contributed by atoms with Gasteiger partial charge in [-0.25, -0.2) is 0 Å². The first-order chi connectivity index (χ1) is 18.8. The minimum atomic E-state index is -0.387. The molecule has 1 aliphatic heterocycles. The summed E-state index contributed by atoms with van der Waals surface area (Å²) in [5.74, 6) is 0.0482. The van der Waals surface area contributed by atoms with Crippen molar-refractivity contribution in [1.29, 1.82) is 5.41 Å². The van der Waals surface area contributed by atoms with Crippen molar-refractivity contribution in [3.8, 4) is 16.9 Å². The molecule has 1 fully saturated rings. The molecule has 1 saturated heterocycles. The van der Waals surface area contributed by atoms with Gasteiger partial charge in [0.05, 0.1) is 24.5 Å². The van der Waals surface area contributed by atoms with E-state index in [1.54, 1.807) is 0 Å². The predicted octanol–water partition coefficient (Wildman–Crippen LogP) is 5.21. The molecule has 7 nitrogen and oxygen atoms in total. The lowest BCUT2D eigenvalue weighted by atomic mass is 10.0. The van der Waals surface area contributed by atoms with E-state index in [-0.39, 0.29) is 42.2 Å². The standard InChI is InChI=1S/C32H37N3O4/c1-22(2)39-30(36)20-27-19-28(35(32(27)37)18-6-9-23-7-4-3-5-8-23)21-38-29-16-14-25(15-17-29)24-10-12-26(13-11-24)31(33)34/h3-5,7-8,10-17,22,27-28H,6,9,18-21H2,1-2H3,(H3,33,34)/t27-,28-/m0/s1. The number of nitrogens with one attached hydrogen (secondary N) is 1. The molecular formula is C32H37N3O4. The molecular weight excluding hydrogens is 490 g/mol. The maximum Gasteiger partial charge on any atom is 0.306 e. The first kappa shape index (κ1) is 27.9. The van der Waals surface area contributed by atoms with Crippen molar-refractivity contribution in [2.45, 2.75) is 51.7 Å². The average Bonchev–Trinajstić information content (AvgIpc) is 3.21. The SMILES string of the molecule is CC(C)OC(=O)C[C@@H]1C[C@@H](COc2ccc(-c3ccc(C(=N)N)cc3)cc2)N(CCCc2ccccc2)C1=O. The Morgan fingerprint density at radius 3 is 2.26 bits per heavy atom. The third kappa shape index (κ3) is 7.69. The van der Waals surface area contributed by atoms with Crippen LogP contribution >= 0.6 is 0 Å². The molecule has 4 rings (SSSR count). The molecule has 1 aliphatic rings. The second kappa shape index (κ2) is 13.1. The Balaban J connectivity index is 1.38. The zero-order valence-corrected chi connectivity index (χ0v) is 22.6. The van der Waals surface area contributed by atoms with E-state index in [2.05, 4.69) is 12.1 Å². The highest BCUT2D eigenvalue weighted by Crippen LogP contribution is 2.30. The monoisotopic (exact) mass is 527 g/mol. The normalized spacial score (nSPS) is 16.9. The minimum absolute atomic E-state index is 0.00160. The van der Waals surface area contributed by atoms with Crippen LogP contribution in [-0.2, 0) is 20.7 Å². The van der Waals surface area contributed by atoms with Crippen molar-refractivity contribution in [3.05, 3.63) is 90.0 Å². The van der Waals surface area contributed by atoms with Gasteiger partial charge in [0, 0.05) is 12.1 Å². The van der Waals surface area contributed by atoms with Crippen molar-refractivity contribution in [2.24, 2.45) is 11.7 Å². The van der Waals surface area contributed by atoms with Crippen molar-refractivity contribution in [2.75, 3.05) is 13.2 Å². The van der Waals surface area contributed by atoms with Crippen LogP contribution in [0.4, 0.5) is 0 Å². The quantitative estimate of drug-likeness (QED) is 0.191. The molecule has 0 unspecified atom stereocenters. The summed E-state index contributed by atoms with van der Waals surface area (Å²) < 4.78 is 11.4. The molecule has 1 amide bonds. The maximum absolute atomic E-state index is 13.3. The molecule has 0 aromatic heterocycles. The van der Waals surface area contributed by atoms with E-state index >= 15 is 0 Å². The molecule has 7 heteroatoms. The molecule has 2 atom stereocenters. The van der Waals surface area contributed by atoms with Crippen LogP contribution in [0.25, 0.3) is 11.1 Å². The predicted molar refractivity (Wildman–Crippen MR) is 153 cm³/mol. The largest absolute Gasteiger partial charge is 0.491 e. The third-order valence-electron chi connectivity index (χ3n) is 6.94. The van der Waals surface area contributed by atoms with E-state index in [0.29, 0.717) is 25.1 Å². The smallest absolute Gasteiger partial charge is 0.306 e. The number of rotatable bonds is 12. The Bertz CT molecular complexity index is 1260. The number of hydrogen-bond acceptors (Lipinski definition) is 5. The third-order valence-corrected chi connectivity index (χ3v) is 6.94. The molecule has 0 radical (unpaired) electrons. The summed E-state index contributed by atoms with van der Waals surface area (Å²) in [6.07, 6.45) is 2.18. The Morgan fingerprint density at radius 1 is 1.00 bits per heavy atom. The number of nitrogens with two attached hydrogens (primary N) is 1. The number of amidine groups is 1. The first-order valence-electron chi connectivity index (χ1n) is 13.5. The summed E-state index contributed by atoms with van der Waals surface area (Å²) in [5.41, 5.74) is 9.53. The average molecular weight is 528 g/mol. The molecule has 204 valence electrons. The summed E-state index contributed by atoms with van der Waals surface area (Å²) in [5, 5.41) is 7.55. The Morgan fingerprint density at radius 2 is 1.64 bits per heavy atom.